The Kier molecular flexibility index (Phi) is 4.68. The number of nitrogens with zero attached hydrogens (tertiary/aromatic N) is 1. The maximum absolute atomic E-state index is 10.3. The van der Waals surface area contributed by atoms with Crippen LogP contribution in [0.2, 0.25) is 0 Å². The first-order chi connectivity index (χ1) is 8.07. The van der Waals surface area contributed by atoms with E-state index in [1.165, 1.54) is 0 Å². The number of hydrogen-bond donors (Lipinski definition) is 1. The third-order valence-electron chi connectivity index (χ3n) is 3.17. The summed E-state index contributed by atoms with van der Waals surface area (Å²) in [5.41, 5.74) is 1.02. The average Bonchev–Trinajstić information content (AvgIpc) is 2.37. The van der Waals surface area contributed by atoms with E-state index in [1.54, 1.807) is 14.0 Å². The SMILES string of the molecule is CCC(C)(C#N)C(O)c1cccc(COC)c1. The highest BCUT2D eigenvalue weighted by molar-refractivity contribution is 5.27. The fourth-order valence-electron chi connectivity index (χ4n) is 1.72. The molecule has 3 heteroatoms. The summed E-state index contributed by atoms with van der Waals surface area (Å²) >= 11 is 0. The minimum absolute atomic E-state index is 0.510. The van der Waals surface area contributed by atoms with E-state index in [-0.39, 0.29) is 0 Å². The van der Waals surface area contributed by atoms with Crippen LogP contribution in [0.1, 0.15) is 37.5 Å². The lowest BCUT2D eigenvalue weighted by molar-refractivity contribution is 0.0720. The van der Waals surface area contributed by atoms with Gasteiger partial charge in [-0.25, -0.2) is 0 Å². The molecule has 0 aromatic heterocycles. The fraction of sp³-hybridized carbons (Fsp3) is 0.500. The normalized spacial score (nSPS) is 15.9. The molecule has 0 radical (unpaired) electrons. The van der Waals surface area contributed by atoms with Crippen molar-refractivity contribution in [3.05, 3.63) is 35.4 Å². The second kappa shape index (κ2) is 5.81. The number of aliphatic hydroxyl groups excluding tert-OH is 1. The van der Waals surface area contributed by atoms with Gasteiger partial charge in [-0.2, -0.15) is 5.26 Å². The van der Waals surface area contributed by atoms with E-state index in [4.69, 9.17) is 10.00 Å². The van der Waals surface area contributed by atoms with Gasteiger partial charge in [0.05, 0.1) is 24.2 Å². The first-order valence-electron chi connectivity index (χ1n) is 5.74. The number of hydrogen-bond acceptors (Lipinski definition) is 3. The van der Waals surface area contributed by atoms with Gasteiger partial charge in [0.15, 0.2) is 0 Å². The molecule has 1 rings (SSSR count). The molecule has 2 atom stereocenters. The molecule has 0 saturated carbocycles. The van der Waals surface area contributed by atoms with Crippen LogP contribution in [0.15, 0.2) is 24.3 Å². The van der Waals surface area contributed by atoms with Gasteiger partial charge >= 0.3 is 0 Å². The predicted molar refractivity (Wildman–Crippen MR) is 66.1 cm³/mol. The molecule has 0 aliphatic rings. The Morgan fingerprint density at radius 1 is 1.53 bits per heavy atom. The molecule has 0 amide bonds. The highest BCUT2D eigenvalue weighted by atomic mass is 16.5. The number of benzene rings is 1. The van der Waals surface area contributed by atoms with E-state index in [1.807, 2.05) is 31.2 Å². The van der Waals surface area contributed by atoms with Gasteiger partial charge in [-0.1, -0.05) is 31.2 Å². The lowest BCUT2D eigenvalue weighted by Crippen LogP contribution is -2.23. The van der Waals surface area contributed by atoms with Crippen LogP contribution in [-0.4, -0.2) is 12.2 Å². The van der Waals surface area contributed by atoms with Gasteiger partial charge in [0.25, 0.3) is 0 Å². The zero-order chi connectivity index (χ0) is 12.9. The van der Waals surface area contributed by atoms with Crippen LogP contribution in [-0.2, 0) is 11.3 Å². The molecular weight excluding hydrogens is 214 g/mol. The van der Waals surface area contributed by atoms with Crippen LogP contribution >= 0.6 is 0 Å². The van der Waals surface area contributed by atoms with Gasteiger partial charge in [-0.15, -0.1) is 0 Å². The van der Waals surface area contributed by atoms with Crippen molar-refractivity contribution in [2.24, 2.45) is 5.41 Å². The Balaban J connectivity index is 3.00. The smallest absolute Gasteiger partial charge is 0.0973 e. The molecule has 0 fully saturated rings. The monoisotopic (exact) mass is 233 g/mol. The molecule has 0 aliphatic carbocycles. The van der Waals surface area contributed by atoms with E-state index < -0.39 is 11.5 Å². The molecule has 1 aromatic rings. The number of aliphatic hydroxyl groups is 1. The molecular formula is C14H19NO2. The van der Waals surface area contributed by atoms with Crippen molar-refractivity contribution in [3.8, 4) is 6.07 Å². The standard InChI is InChI=1S/C14H19NO2/c1-4-14(2,10-15)13(16)12-7-5-6-11(8-12)9-17-3/h5-8,13,16H,4,9H2,1-3H3. The van der Waals surface area contributed by atoms with Crippen LogP contribution in [0.3, 0.4) is 0 Å². The minimum Gasteiger partial charge on any atom is -0.387 e. The Bertz CT molecular complexity index is 411. The largest absolute Gasteiger partial charge is 0.387 e. The topological polar surface area (TPSA) is 53.2 Å². The van der Waals surface area contributed by atoms with Crippen LogP contribution in [0.25, 0.3) is 0 Å². The molecule has 1 N–H and O–H groups in total. The van der Waals surface area contributed by atoms with E-state index in [9.17, 15) is 5.11 Å². The summed E-state index contributed by atoms with van der Waals surface area (Å²) in [6.07, 6.45) is -0.159. The summed E-state index contributed by atoms with van der Waals surface area (Å²) in [6.45, 7) is 4.20. The van der Waals surface area contributed by atoms with E-state index in [2.05, 4.69) is 6.07 Å². The second-order valence-corrected chi connectivity index (χ2v) is 4.46. The lowest BCUT2D eigenvalue weighted by atomic mass is 9.79. The highest BCUT2D eigenvalue weighted by Crippen LogP contribution is 2.36. The third kappa shape index (κ3) is 3.06. The zero-order valence-corrected chi connectivity index (χ0v) is 10.6. The summed E-state index contributed by atoms with van der Waals surface area (Å²) < 4.78 is 5.05. The second-order valence-electron chi connectivity index (χ2n) is 4.46. The van der Waals surface area contributed by atoms with Crippen LogP contribution in [0.5, 0.6) is 0 Å². The average molecular weight is 233 g/mol. The van der Waals surface area contributed by atoms with Crippen LogP contribution in [0, 0.1) is 16.7 Å². The molecule has 0 aliphatic heterocycles. The highest BCUT2D eigenvalue weighted by Gasteiger charge is 2.32. The Morgan fingerprint density at radius 3 is 2.76 bits per heavy atom. The van der Waals surface area contributed by atoms with Crippen LogP contribution in [0.4, 0.5) is 0 Å². The van der Waals surface area contributed by atoms with Gasteiger partial charge in [0, 0.05) is 7.11 Å². The van der Waals surface area contributed by atoms with Crippen molar-refractivity contribution in [1.82, 2.24) is 0 Å². The molecule has 1 aromatic carbocycles. The van der Waals surface area contributed by atoms with Gasteiger partial charge in [-0.3, -0.25) is 0 Å². The van der Waals surface area contributed by atoms with E-state index in [0.29, 0.717) is 13.0 Å². The van der Waals surface area contributed by atoms with Gasteiger partial charge in [0.1, 0.15) is 0 Å². The first kappa shape index (κ1) is 13.7. The summed E-state index contributed by atoms with van der Waals surface area (Å²) in [7, 11) is 1.63. The molecule has 0 heterocycles. The van der Waals surface area contributed by atoms with E-state index in [0.717, 1.165) is 11.1 Å². The summed E-state index contributed by atoms with van der Waals surface area (Å²) in [5.74, 6) is 0. The number of nitriles is 1. The molecule has 2 unspecified atom stereocenters. The van der Waals surface area contributed by atoms with Crippen molar-refractivity contribution in [3.63, 3.8) is 0 Å². The Morgan fingerprint density at radius 2 is 2.24 bits per heavy atom. The molecule has 3 nitrogen and oxygen atoms in total. The number of ether oxygens (including phenoxy) is 1. The molecule has 0 spiro atoms. The van der Waals surface area contributed by atoms with E-state index >= 15 is 0 Å². The summed E-state index contributed by atoms with van der Waals surface area (Å²) in [6, 6.07) is 9.74. The Labute approximate surface area is 103 Å². The molecule has 17 heavy (non-hydrogen) atoms. The summed E-state index contributed by atoms with van der Waals surface area (Å²) in [5, 5.41) is 19.4. The zero-order valence-electron chi connectivity index (χ0n) is 10.6. The first-order valence-corrected chi connectivity index (χ1v) is 5.74. The maximum atomic E-state index is 10.3. The van der Waals surface area contributed by atoms with Crippen LogP contribution < -0.4 is 0 Å². The maximum Gasteiger partial charge on any atom is 0.0973 e. The fourth-order valence-corrected chi connectivity index (χ4v) is 1.72. The quantitative estimate of drug-likeness (QED) is 0.850. The predicted octanol–water partition coefficient (Wildman–Crippen LogP) is 2.81. The lowest BCUT2D eigenvalue weighted by Gasteiger charge is -2.26. The van der Waals surface area contributed by atoms with Gasteiger partial charge in [-0.05, 0) is 24.5 Å². The van der Waals surface area contributed by atoms with Crippen molar-refractivity contribution in [1.29, 1.82) is 5.26 Å². The van der Waals surface area contributed by atoms with Crippen molar-refractivity contribution >= 4 is 0 Å². The molecule has 92 valence electrons. The van der Waals surface area contributed by atoms with Crippen molar-refractivity contribution < 1.29 is 9.84 Å². The van der Waals surface area contributed by atoms with Crippen molar-refractivity contribution in [2.45, 2.75) is 33.0 Å². The minimum atomic E-state index is -0.769. The van der Waals surface area contributed by atoms with Crippen molar-refractivity contribution in [2.75, 3.05) is 7.11 Å². The molecule has 0 saturated heterocycles. The number of methoxy groups -OCH3 is 1. The third-order valence-corrected chi connectivity index (χ3v) is 3.17. The number of rotatable bonds is 5. The van der Waals surface area contributed by atoms with Gasteiger partial charge < -0.3 is 9.84 Å². The molecule has 0 bridgehead atoms. The summed E-state index contributed by atoms with van der Waals surface area (Å²) in [4.78, 5) is 0. The Hall–Kier alpha value is -1.37. The van der Waals surface area contributed by atoms with Gasteiger partial charge in [0.2, 0.25) is 0 Å².